The van der Waals surface area contributed by atoms with Crippen LogP contribution in [0.4, 0.5) is 0 Å². The van der Waals surface area contributed by atoms with Crippen molar-refractivity contribution in [3.63, 3.8) is 0 Å². The predicted molar refractivity (Wildman–Crippen MR) is 172 cm³/mol. The van der Waals surface area contributed by atoms with Crippen LogP contribution in [-0.2, 0) is 14.4 Å². The Morgan fingerprint density at radius 3 is 2.23 bits per heavy atom. The SMILES string of the molecule is CCC(CCC(C)C1CCC2C3CC=C4CC(O)CCC4(C)C3CCC12C)C(C)C.O=C(O)CSC(CC(=O)O)C(=O)O. The second-order valence-corrected chi connectivity index (χ2v) is 16.2. The number of aliphatic carboxylic acids is 3. The zero-order valence-electron chi connectivity index (χ0n) is 27.4. The van der Waals surface area contributed by atoms with Gasteiger partial charge in [0, 0.05) is 0 Å². The summed E-state index contributed by atoms with van der Waals surface area (Å²) in [7, 11) is 0. The van der Waals surface area contributed by atoms with Gasteiger partial charge in [-0.15, -0.1) is 11.8 Å². The standard InChI is InChI=1S/C29H50O.C6H8O6S/c1-7-21(19(2)3)9-8-20(4)25-12-13-26-24-11-10-22-18-23(30)14-16-28(22,5)27(24)15-17-29(25,26)6;7-4(8)1-3(6(11)12)13-2-5(9)10/h10,19-21,23-27,30H,7-9,11-18H2,1-6H3;3H,1-2H2,(H,7,8)(H,9,10)(H,11,12). The Balaban J connectivity index is 0.000000331. The number of carboxylic acids is 3. The largest absolute Gasteiger partial charge is 0.481 e. The van der Waals surface area contributed by atoms with Crippen molar-refractivity contribution < 1.29 is 34.8 Å². The number of hydrogen-bond acceptors (Lipinski definition) is 5. The lowest BCUT2D eigenvalue weighted by molar-refractivity contribution is -0.143. The van der Waals surface area contributed by atoms with E-state index in [1.807, 2.05) is 0 Å². The summed E-state index contributed by atoms with van der Waals surface area (Å²) in [5.74, 6) is 2.16. The molecule has 10 unspecified atom stereocenters. The van der Waals surface area contributed by atoms with Crippen molar-refractivity contribution in [1.82, 2.24) is 0 Å². The molecule has 0 saturated heterocycles. The number of aliphatic hydroxyl groups is 1. The van der Waals surface area contributed by atoms with Gasteiger partial charge >= 0.3 is 17.9 Å². The zero-order chi connectivity index (χ0) is 32.1. The summed E-state index contributed by atoms with van der Waals surface area (Å²) in [6.07, 6.45) is 16.5. The van der Waals surface area contributed by atoms with Crippen LogP contribution in [0.3, 0.4) is 0 Å². The molecule has 4 N–H and O–H groups in total. The van der Waals surface area contributed by atoms with Crippen LogP contribution >= 0.6 is 11.8 Å². The maximum absolute atomic E-state index is 10.4. The number of fused-ring (bicyclic) bond motifs is 5. The third-order valence-electron chi connectivity index (χ3n) is 12.3. The lowest BCUT2D eigenvalue weighted by Crippen LogP contribution is -2.50. The van der Waals surface area contributed by atoms with Crippen LogP contribution in [0.1, 0.15) is 119 Å². The van der Waals surface area contributed by atoms with Crippen LogP contribution in [0.15, 0.2) is 11.6 Å². The van der Waals surface area contributed by atoms with Gasteiger partial charge in [-0.1, -0.05) is 66.0 Å². The van der Waals surface area contributed by atoms with Gasteiger partial charge in [0.15, 0.2) is 0 Å². The topological polar surface area (TPSA) is 132 Å². The minimum Gasteiger partial charge on any atom is -0.481 e. The highest BCUT2D eigenvalue weighted by Crippen LogP contribution is 2.67. The van der Waals surface area contributed by atoms with Crippen LogP contribution in [-0.4, -0.2) is 55.4 Å². The molecule has 43 heavy (non-hydrogen) atoms. The fraction of sp³-hybridized carbons (Fsp3) is 0.857. The van der Waals surface area contributed by atoms with Crippen molar-refractivity contribution in [2.75, 3.05) is 5.75 Å². The molecule has 8 heteroatoms. The number of carboxylic acid groups (broad SMARTS) is 3. The average Bonchev–Trinajstić information content (AvgIpc) is 3.28. The lowest BCUT2D eigenvalue weighted by atomic mass is 9.47. The van der Waals surface area contributed by atoms with E-state index >= 15 is 0 Å². The van der Waals surface area contributed by atoms with Crippen LogP contribution in [0, 0.1) is 52.3 Å². The smallest absolute Gasteiger partial charge is 0.317 e. The zero-order valence-corrected chi connectivity index (χ0v) is 28.2. The Morgan fingerprint density at radius 2 is 1.65 bits per heavy atom. The highest BCUT2D eigenvalue weighted by molar-refractivity contribution is 8.01. The molecule has 3 fully saturated rings. The Kier molecular flexibility index (Phi) is 12.7. The molecule has 0 aromatic rings. The second-order valence-electron chi connectivity index (χ2n) is 15.0. The summed E-state index contributed by atoms with van der Waals surface area (Å²) in [6.45, 7) is 15.1. The molecule has 246 valence electrons. The molecule has 0 aromatic carbocycles. The number of hydrogen-bond donors (Lipinski definition) is 4. The maximum Gasteiger partial charge on any atom is 0.317 e. The van der Waals surface area contributed by atoms with Gasteiger partial charge in [-0.2, -0.15) is 0 Å². The fourth-order valence-corrected chi connectivity index (χ4v) is 10.6. The van der Waals surface area contributed by atoms with Gasteiger partial charge in [-0.25, -0.2) is 0 Å². The maximum atomic E-state index is 10.4. The van der Waals surface area contributed by atoms with Crippen LogP contribution < -0.4 is 0 Å². The van der Waals surface area contributed by atoms with E-state index in [0.29, 0.717) is 22.6 Å². The van der Waals surface area contributed by atoms with Crippen LogP contribution in [0.25, 0.3) is 0 Å². The number of thioether (sulfide) groups is 1. The van der Waals surface area contributed by atoms with Gasteiger partial charge in [-0.05, 0) is 110 Å². The predicted octanol–water partition coefficient (Wildman–Crippen LogP) is 7.76. The van der Waals surface area contributed by atoms with E-state index in [-0.39, 0.29) is 6.10 Å². The van der Waals surface area contributed by atoms with E-state index in [4.69, 9.17) is 15.3 Å². The first-order valence-corrected chi connectivity index (χ1v) is 17.8. The van der Waals surface area contributed by atoms with Crippen molar-refractivity contribution in [1.29, 1.82) is 0 Å². The molecule has 0 bridgehead atoms. The second kappa shape index (κ2) is 15.2. The molecule has 4 aliphatic carbocycles. The summed E-state index contributed by atoms with van der Waals surface area (Å²) in [6, 6.07) is 0. The summed E-state index contributed by atoms with van der Waals surface area (Å²) in [4.78, 5) is 30.6. The summed E-state index contributed by atoms with van der Waals surface area (Å²) in [5, 5.41) is 34.0. The van der Waals surface area contributed by atoms with E-state index < -0.39 is 35.3 Å². The third-order valence-corrected chi connectivity index (χ3v) is 13.5. The molecule has 0 aliphatic heterocycles. The number of allylic oxidation sites excluding steroid dienone is 1. The van der Waals surface area contributed by atoms with Crippen molar-refractivity contribution >= 4 is 29.7 Å². The van der Waals surface area contributed by atoms with Crippen molar-refractivity contribution in [2.24, 2.45) is 52.3 Å². The Morgan fingerprint density at radius 1 is 0.953 bits per heavy atom. The Hall–Kier alpha value is -1.54. The molecule has 0 radical (unpaired) electrons. The van der Waals surface area contributed by atoms with Crippen LogP contribution in [0.5, 0.6) is 0 Å². The van der Waals surface area contributed by atoms with Gasteiger partial charge in [0.25, 0.3) is 0 Å². The van der Waals surface area contributed by atoms with E-state index in [1.54, 1.807) is 5.57 Å². The van der Waals surface area contributed by atoms with Crippen molar-refractivity contribution in [2.45, 2.75) is 130 Å². The first-order valence-electron chi connectivity index (χ1n) is 16.8. The van der Waals surface area contributed by atoms with Gasteiger partial charge in [0.2, 0.25) is 0 Å². The summed E-state index contributed by atoms with van der Waals surface area (Å²) >= 11 is 0.586. The molecule has 7 nitrogen and oxygen atoms in total. The average molecular weight is 623 g/mol. The van der Waals surface area contributed by atoms with E-state index in [9.17, 15) is 19.5 Å². The Bertz CT molecular complexity index is 1010. The molecular weight excluding hydrogens is 564 g/mol. The lowest BCUT2D eigenvalue weighted by Gasteiger charge is -2.58. The highest BCUT2D eigenvalue weighted by Gasteiger charge is 2.59. The van der Waals surface area contributed by atoms with Gasteiger partial charge in [0.1, 0.15) is 5.25 Å². The highest BCUT2D eigenvalue weighted by atomic mass is 32.2. The summed E-state index contributed by atoms with van der Waals surface area (Å²) in [5.41, 5.74) is 2.59. The number of aliphatic hydroxyl groups excluding tert-OH is 1. The molecule has 4 aliphatic rings. The minimum absolute atomic E-state index is 0.0794. The molecule has 0 heterocycles. The molecule has 0 aromatic heterocycles. The normalized spacial score (nSPS) is 35.3. The molecule has 0 spiro atoms. The van der Waals surface area contributed by atoms with Crippen molar-refractivity contribution in [3.8, 4) is 0 Å². The Labute approximate surface area is 263 Å². The fourth-order valence-electron chi connectivity index (χ4n) is 9.85. The van der Waals surface area contributed by atoms with Gasteiger partial charge in [0.05, 0.1) is 18.3 Å². The number of rotatable bonds is 12. The molecule has 10 atom stereocenters. The first kappa shape index (κ1) is 35.9. The van der Waals surface area contributed by atoms with Gasteiger partial charge < -0.3 is 20.4 Å². The number of carbonyl (C=O) groups is 3. The molecule has 4 rings (SSSR count). The van der Waals surface area contributed by atoms with Crippen LogP contribution in [0.2, 0.25) is 0 Å². The quantitative estimate of drug-likeness (QED) is 0.162. The van der Waals surface area contributed by atoms with Gasteiger partial charge in [-0.3, -0.25) is 14.4 Å². The third kappa shape index (κ3) is 8.39. The molecular formula is C35H58O7S. The monoisotopic (exact) mass is 622 g/mol. The van der Waals surface area contributed by atoms with E-state index in [2.05, 4.69) is 47.6 Å². The van der Waals surface area contributed by atoms with Crippen molar-refractivity contribution in [3.05, 3.63) is 11.6 Å². The van der Waals surface area contributed by atoms with E-state index in [0.717, 1.165) is 54.3 Å². The molecule has 0 amide bonds. The minimum atomic E-state index is -1.31. The van der Waals surface area contributed by atoms with E-state index in [1.165, 1.54) is 57.8 Å². The first-order chi connectivity index (χ1) is 20.1. The molecule has 3 saturated carbocycles. The summed E-state index contributed by atoms with van der Waals surface area (Å²) < 4.78 is 0.